The topological polar surface area (TPSA) is 94.5 Å². The number of fused-ring (bicyclic) bond motifs is 2. The van der Waals surface area contributed by atoms with Crippen molar-refractivity contribution in [1.82, 2.24) is 15.1 Å². The van der Waals surface area contributed by atoms with Gasteiger partial charge in [0.2, 0.25) is 17.8 Å². The van der Waals surface area contributed by atoms with E-state index in [4.69, 9.17) is 4.74 Å². The maximum Gasteiger partial charge on any atom is 0.246 e. The Kier molecular flexibility index (Phi) is 8.20. The monoisotopic (exact) mass is 456 g/mol. The first kappa shape index (κ1) is 23.5. The molecule has 0 atom stereocenters. The number of hydrogen-bond donors (Lipinski definition) is 2. The fourth-order valence-corrected chi connectivity index (χ4v) is 5.04. The van der Waals surface area contributed by atoms with Crippen LogP contribution in [-0.4, -0.2) is 65.0 Å². The van der Waals surface area contributed by atoms with Gasteiger partial charge < -0.3 is 19.6 Å². The summed E-state index contributed by atoms with van der Waals surface area (Å²) in [5.41, 5.74) is 1.87. The number of benzene rings is 1. The van der Waals surface area contributed by atoms with Gasteiger partial charge in [0.1, 0.15) is 18.0 Å². The van der Waals surface area contributed by atoms with E-state index in [0.29, 0.717) is 44.7 Å². The molecule has 1 aliphatic carbocycles. The van der Waals surface area contributed by atoms with Crippen LogP contribution in [0.25, 0.3) is 0 Å². The van der Waals surface area contributed by atoms with Crippen molar-refractivity contribution in [1.29, 1.82) is 0 Å². The quantitative estimate of drug-likeness (QED) is 0.499. The minimum Gasteiger partial charge on any atom is -0.491 e. The number of aliphatic hydroxyl groups is 1. The molecule has 3 aliphatic rings. The Hall–Kier alpha value is -2.61. The lowest BCUT2D eigenvalue weighted by Gasteiger charge is -2.34. The lowest BCUT2D eigenvalue weighted by Crippen LogP contribution is -2.43. The molecule has 1 saturated carbocycles. The number of ether oxygens (including phenoxy) is 1. The van der Waals surface area contributed by atoms with E-state index in [1.165, 1.54) is 19.3 Å². The number of aliphatic imine (C=N–C) groups is 1. The van der Waals surface area contributed by atoms with E-state index in [0.717, 1.165) is 55.5 Å². The second-order valence-electron chi connectivity index (χ2n) is 9.22. The lowest BCUT2D eigenvalue weighted by atomic mass is 9.94. The summed E-state index contributed by atoms with van der Waals surface area (Å²) >= 11 is 0. The van der Waals surface area contributed by atoms with Crippen molar-refractivity contribution >= 4 is 23.5 Å². The molecule has 33 heavy (non-hydrogen) atoms. The van der Waals surface area contributed by atoms with Gasteiger partial charge in [0, 0.05) is 31.1 Å². The summed E-state index contributed by atoms with van der Waals surface area (Å²) in [4.78, 5) is 32.8. The zero-order chi connectivity index (χ0) is 23.0. The third-order valence-corrected chi connectivity index (χ3v) is 6.77. The van der Waals surface area contributed by atoms with E-state index in [1.54, 1.807) is 0 Å². The molecule has 0 radical (unpaired) electrons. The summed E-state index contributed by atoms with van der Waals surface area (Å²) in [5.74, 6) is 1.52. The molecule has 0 bridgehead atoms. The second kappa shape index (κ2) is 11.5. The number of hydrogen-bond acceptors (Lipinski definition) is 6. The minimum absolute atomic E-state index is 0.0271. The number of unbranched alkanes of at least 4 members (excludes halogenated alkanes) is 3. The van der Waals surface area contributed by atoms with Gasteiger partial charge >= 0.3 is 0 Å². The highest BCUT2D eigenvalue weighted by Crippen LogP contribution is 2.36. The number of para-hydroxylation sites is 1. The number of amides is 2. The van der Waals surface area contributed by atoms with Gasteiger partial charge in [-0.15, -0.1) is 0 Å². The van der Waals surface area contributed by atoms with E-state index in [1.807, 2.05) is 28.0 Å². The smallest absolute Gasteiger partial charge is 0.246 e. The van der Waals surface area contributed by atoms with Crippen LogP contribution >= 0.6 is 0 Å². The van der Waals surface area contributed by atoms with Crippen LogP contribution in [0.4, 0.5) is 5.69 Å². The van der Waals surface area contributed by atoms with Crippen LogP contribution in [0.3, 0.4) is 0 Å². The van der Waals surface area contributed by atoms with Crippen molar-refractivity contribution in [3.05, 3.63) is 23.8 Å². The Labute approximate surface area is 196 Å². The number of nitrogens with zero attached hydrogens (tertiary/aromatic N) is 3. The van der Waals surface area contributed by atoms with Crippen molar-refractivity contribution < 1.29 is 19.4 Å². The first-order valence-corrected chi connectivity index (χ1v) is 12.4. The molecule has 0 aromatic heterocycles. The standard InChI is InChI=1S/C25H36N4O4/c30-15-14-29(20-10-4-3-5-11-20)23(32)13-6-1-2-7-16-33-21-12-8-9-19-17-28-18-22(31)26-25(28)27-24(19)21/h8-9,12,20,30H,1-7,10-11,13-18H2,(H,26,27,31). The molecule has 1 aromatic rings. The van der Waals surface area contributed by atoms with Crippen molar-refractivity contribution in [2.24, 2.45) is 4.99 Å². The predicted octanol–water partition coefficient (Wildman–Crippen LogP) is 3.10. The number of rotatable bonds is 11. The third kappa shape index (κ3) is 6.05. The number of carbonyl (C=O) groups is 2. The molecule has 2 aliphatic heterocycles. The molecule has 8 nitrogen and oxygen atoms in total. The SMILES string of the molecule is O=C1CN2Cc3cccc(OCCCCCCC(=O)N(CCO)C4CCCCC4)c3N=C2N1. The highest BCUT2D eigenvalue weighted by atomic mass is 16.5. The number of guanidine groups is 1. The molecule has 1 saturated heterocycles. The van der Waals surface area contributed by atoms with Crippen LogP contribution in [0.15, 0.2) is 23.2 Å². The Morgan fingerprint density at radius 2 is 1.97 bits per heavy atom. The van der Waals surface area contributed by atoms with Crippen LogP contribution in [0.5, 0.6) is 5.75 Å². The Bertz CT molecular complexity index is 866. The van der Waals surface area contributed by atoms with Crippen LogP contribution in [0.2, 0.25) is 0 Å². The predicted molar refractivity (Wildman–Crippen MR) is 126 cm³/mol. The van der Waals surface area contributed by atoms with Gasteiger partial charge in [-0.05, 0) is 31.7 Å². The molecule has 2 fully saturated rings. The Morgan fingerprint density at radius 3 is 2.79 bits per heavy atom. The molecule has 0 unspecified atom stereocenters. The molecule has 1 aromatic carbocycles. The third-order valence-electron chi connectivity index (χ3n) is 6.77. The van der Waals surface area contributed by atoms with Gasteiger partial charge in [-0.3, -0.25) is 14.9 Å². The number of aliphatic hydroxyl groups excluding tert-OH is 1. The van der Waals surface area contributed by atoms with E-state index >= 15 is 0 Å². The van der Waals surface area contributed by atoms with E-state index < -0.39 is 0 Å². The summed E-state index contributed by atoms with van der Waals surface area (Å²) in [6, 6.07) is 6.23. The first-order chi connectivity index (χ1) is 16.2. The Morgan fingerprint density at radius 1 is 1.15 bits per heavy atom. The van der Waals surface area contributed by atoms with E-state index in [2.05, 4.69) is 10.3 Å². The van der Waals surface area contributed by atoms with Gasteiger partial charge in [-0.25, -0.2) is 4.99 Å². The highest BCUT2D eigenvalue weighted by molar-refractivity contribution is 6.06. The fourth-order valence-electron chi connectivity index (χ4n) is 5.04. The zero-order valence-electron chi connectivity index (χ0n) is 19.4. The van der Waals surface area contributed by atoms with Gasteiger partial charge in [0.05, 0.1) is 13.2 Å². The normalized spacial score (nSPS) is 17.8. The first-order valence-electron chi connectivity index (χ1n) is 12.4. The summed E-state index contributed by atoms with van der Waals surface area (Å²) in [6.07, 6.45) is 10.1. The largest absolute Gasteiger partial charge is 0.491 e. The van der Waals surface area contributed by atoms with E-state index in [-0.39, 0.29) is 18.4 Å². The lowest BCUT2D eigenvalue weighted by molar-refractivity contribution is -0.135. The van der Waals surface area contributed by atoms with Crippen molar-refractivity contribution in [2.45, 2.75) is 76.8 Å². The average molecular weight is 457 g/mol. The highest BCUT2D eigenvalue weighted by Gasteiger charge is 2.30. The van der Waals surface area contributed by atoms with Gasteiger partial charge in [-0.2, -0.15) is 0 Å². The molecule has 2 heterocycles. The molecular formula is C25H36N4O4. The minimum atomic E-state index is -0.0271. The molecule has 8 heteroatoms. The molecule has 2 amide bonds. The average Bonchev–Trinajstić information content (AvgIpc) is 3.19. The number of nitrogens with one attached hydrogen (secondary N) is 1. The van der Waals surface area contributed by atoms with Crippen molar-refractivity contribution in [3.8, 4) is 5.75 Å². The summed E-state index contributed by atoms with van der Waals surface area (Å²) < 4.78 is 6.02. The maximum absolute atomic E-state index is 12.7. The summed E-state index contributed by atoms with van der Waals surface area (Å²) in [5, 5.41) is 12.2. The Balaban J connectivity index is 1.17. The molecule has 4 rings (SSSR count). The molecule has 180 valence electrons. The second-order valence-corrected chi connectivity index (χ2v) is 9.22. The van der Waals surface area contributed by atoms with Crippen LogP contribution in [0.1, 0.15) is 69.8 Å². The number of carbonyl (C=O) groups excluding carboxylic acids is 2. The fraction of sp³-hybridized carbons (Fsp3) is 0.640. The molecule has 2 N–H and O–H groups in total. The van der Waals surface area contributed by atoms with Crippen LogP contribution in [-0.2, 0) is 16.1 Å². The zero-order valence-corrected chi connectivity index (χ0v) is 19.4. The van der Waals surface area contributed by atoms with Crippen molar-refractivity contribution in [3.63, 3.8) is 0 Å². The van der Waals surface area contributed by atoms with Crippen LogP contribution < -0.4 is 10.1 Å². The summed E-state index contributed by atoms with van der Waals surface area (Å²) in [7, 11) is 0. The van der Waals surface area contributed by atoms with E-state index in [9.17, 15) is 14.7 Å². The molecule has 0 spiro atoms. The molecular weight excluding hydrogens is 420 g/mol. The summed E-state index contributed by atoms with van der Waals surface area (Å²) in [6.45, 7) is 2.11. The van der Waals surface area contributed by atoms with Gasteiger partial charge in [-0.1, -0.05) is 44.2 Å². The van der Waals surface area contributed by atoms with Gasteiger partial charge in [0.25, 0.3) is 0 Å². The van der Waals surface area contributed by atoms with Crippen molar-refractivity contribution in [2.75, 3.05) is 26.3 Å². The van der Waals surface area contributed by atoms with Crippen LogP contribution in [0, 0.1) is 0 Å². The van der Waals surface area contributed by atoms with Gasteiger partial charge in [0.15, 0.2) is 0 Å². The maximum atomic E-state index is 12.7.